The largest absolute Gasteiger partial charge is 0.469 e. The summed E-state index contributed by atoms with van der Waals surface area (Å²) in [6, 6.07) is 11.4. The monoisotopic (exact) mass is 356 g/mol. The second-order valence-corrected chi connectivity index (χ2v) is 5.40. The zero-order valence-electron chi connectivity index (χ0n) is 14.4. The molecule has 0 aliphatic rings. The van der Waals surface area contributed by atoms with Crippen molar-refractivity contribution in [1.82, 2.24) is 10.3 Å². The smallest absolute Gasteiger partial charge is 0.331 e. The van der Waals surface area contributed by atoms with Crippen molar-refractivity contribution < 1.29 is 23.9 Å². The molecule has 136 valence electrons. The Kier molecular flexibility index (Phi) is 7.30. The summed E-state index contributed by atoms with van der Waals surface area (Å²) in [5.74, 6) is -1.40. The van der Waals surface area contributed by atoms with Crippen LogP contribution in [0.1, 0.15) is 18.5 Å². The van der Waals surface area contributed by atoms with Gasteiger partial charge in [0.15, 0.2) is 6.61 Å². The van der Waals surface area contributed by atoms with E-state index < -0.39 is 11.9 Å². The van der Waals surface area contributed by atoms with Crippen molar-refractivity contribution in [3.63, 3.8) is 0 Å². The Morgan fingerprint density at radius 1 is 1.15 bits per heavy atom. The highest BCUT2D eigenvalue weighted by Crippen LogP contribution is 2.12. The number of esters is 2. The van der Waals surface area contributed by atoms with E-state index in [1.54, 1.807) is 6.07 Å². The maximum Gasteiger partial charge on any atom is 0.331 e. The number of pyridine rings is 1. The molecule has 0 aliphatic heterocycles. The summed E-state index contributed by atoms with van der Waals surface area (Å²) in [4.78, 5) is 38.5. The molecule has 0 saturated heterocycles. The molecule has 1 N–H and O–H groups in total. The van der Waals surface area contributed by atoms with E-state index in [1.165, 1.54) is 19.3 Å². The minimum atomic E-state index is -0.635. The van der Waals surface area contributed by atoms with Crippen molar-refractivity contribution in [2.45, 2.75) is 12.8 Å². The zero-order valence-corrected chi connectivity index (χ0v) is 14.4. The summed E-state index contributed by atoms with van der Waals surface area (Å²) < 4.78 is 9.34. The number of carbonyl (C=O) groups excluding carboxylic acids is 3. The number of benzene rings is 1. The van der Waals surface area contributed by atoms with Gasteiger partial charge in [-0.05, 0) is 24.6 Å². The Hall–Kier alpha value is -3.22. The first-order valence-corrected chi connectivity index (χ1v) is 8.12. The van der Waals surface area contributed by atoms with Gasteiger partial charge in [0.2, 0.25) is 0 Å². The van der Waals surface area contributed by atoms with E-state index in [0.717, 1.165) is 10.9 Å². The average Bonchev–Trinajstić information content (AvgIpc) is 2.67. The van der Waals surface area contributed by atoms with Crippen molar-refractivity contribution in [3.8, 4) is 0 Å². The molecule has 1 aromatic carbocycles. The number of aromatic nitrogens is 1. The summed E-state index contributed by atoms with van der Waals surface area (Å²) in [7, 11) is 1.31. The van der Waals surface area contributed by atoms with Crippen LogP contribution in [0.2, 0.25) is 0 Å². The molecule has 0 unspecified atom stereocenters. The second kappa shape index (κ2) is 9.93. The van der Waals surface area contributed by atoms with Crippen LogP contribution in [0.15, 0.2) is 42.5 Å². The number of carbonyl (C=O) groups is 3. The van der Waals surface area contributed by atoms with Crippen LogP contribution >= 0.6 is 0 Å². The Labute approximate surface area is 151 Å². The van der Waals surface area contributed by atoms with Crippen LogP contribution in [0.3, 0.4) is 0 Å². The number of nitrogens with one attached hydrogen (secondary N) is 1. The number of fused-ring (bicyclic) bond motifs is 1. The van der Waals surface area contributed by atoms with E-state index >= 15 is 0 Å². The minimum absolute atomic E-state index is 0.220. The quantitative estimate of drug-likeness (QED) is 0.441. The second-order valence-electron chi connectivity index (χ2n) is 5.40. The summed E-state index contributed by atoms with van der Waals surface area (Å²) in [5, 5.41) is 3.56. The molecule has 0 radical (unpaired) electrons. The Balaban J connectivity index is 1.72. The summed E-state index contributed by atoms with van der Waals surface area (Å²) >= 11 is 0. The Morgan fingerprint density at radius 3 is 2.77 bits per heavy atom. The van der Waals surface area contributed by atoms with E-state index in [9.17, 15) is 14.4 Å². The number of nitrogens with zero attached hydrogens (tertiary/aromatic N) is 1. The molecule has 0 bridgehead atoms. The summed E-state index contributed by atoms with van der Waals surface area (Å²) in [6.07, 6.45) is 3.43. The van der Waals surface area contributed by atoms with Gasteiger partial charge in [-0.3, -0.25) is 9.59 Å². The third kappa shape index (κ3) is 6.35. The average molecular weight is 356 g/mol. The number of methoxy groups -OCH3 is 1. The van der Waals surface area contributed by atoms with Crippen molar-refractivity contribution in [3.05, 3.63) is 48.2 Å². The maximum atomic E-state index is 11.7. The molecule has 2 rings (SSSR count). The Bertz CT molecular complexity index is 816. The molecule has 1 amide bonds. The molecule has 0 fully saturated rings. The molecule has 0 spiro atoms. The SMILES string of the molecule is COC(=O)CCCNC(=O)COC(=O)/C=C/c1ccc2ccccc2n1. The van der Waals surface area contributed by atoms with Gasteiger partial charge in [-0.1, -0.05) is 24.3 Å². The summed E-state index contributed by atoms with van der Waals surface area (Å²) in [5.41, 5.74) is 1.45. The van der Waals surface area contributed by atoms with E-state index in [4.69, 9.17) is 4.74 Å². The van der Waals surface area contributed by atoms with Crippen LogP contribution in [0.25, 0.3) is 17.0 Å². The predicted octanol–water partition coefficient (Wildman–Crippen LogP) is 1.86. The highest BCUT2D eigenvalue weighted by molar-refractivity contribution is 5.89. The number of amides is 1. The maximum absolute atomic E-state index is 11.7. The lowest BCUT2D eigenvalue weighted by Gasteiger charge is -2.05. The topological polar surface area (TPSA) is 94.6 Å². The standard InChI is InChI=1S/C19H20N2O5/c1-25-18(23)7-4-12-20-17(22)13-26-19(24)11-10-15-9-8-14-5-2-3-6-16(14)21-15/h2-3,5-6,8-11H,4,7,12-13H2,1H3,(H,20,22)/b11-10+. The first-order valence-electron chi connectivity index (χ1n) is 8.12. The van der Waals surface area contributed by atoms with Gasteiger partial charge < -0.3 is 14.8 Å². The van der Waals surface area contributed by atoms with Gasteiger partial charge in [0.1, 0.15) is 0 Å². The lowest BCUT2D eigenvalue weighted by atomic mass is 10.2. The molecule has 1 aromatic heterocycles. The molecule has 7 heteroatoms. The highest BCUT2D eigenvalue weighted by Gasteiger charge is 2.06. The van der Waals surface area contributed by atoms with Crippen LogP contribution in [-0.2, 0) is 23.9 Å². The van der Waals surface area contributed by atoms with Crippen molar-refractivity contribution >= 4 is 34.8 Å². The third-order valence-corrected chi connectivity index (χ3v) is 3.46. The first-order chi connectivity index (χ1) is 12.6. The normalized spacial score (nSPS) is 10.7. The van der Waals surface area contributed by atoms with E-state index in [1.807, 2.05) is 30.3 Å². The molecule has 0 saturated carbocycles. The molecule has 0 aliphatic carbocycles. The third-order valence-electron chi connectivity index (χ3n) is 3.46. The fourth-order valence-corrected chi connectivity index (χ4v) is 2.13. The minimum Gasteiger partial charge on any atom is -0.469 e. The number of ether oxygens (including phenoxy) is 2. The fourth-order valence-electron chi connectivity index (χ4n) is 2.13. The zero-order chi connectivity index (χ0) is 18.8. The van der Waals surface area contributed by atoms with Gasteiger partial charge in [-0.25, -0.2) is 9.78 Å². The van der Waals surface area contributed by atoms with Gasteiger partial charge >= 0.3 is 11.9 Å². The van der Waals surface area contributed by atoms with Crippen molar-refractivity contribution in [1.29, 1.82) is 0 Å². The molecule has 26 heavy (non-hydrogen) atoms. The molecular formula is C19H20N2O5. The predicted molar refractivity (Wildman–Crippen MR) is 96.0 cm³/mol. The Morgan fingerprint density at radius 2 is 1.96 bits per heavy atom. The number of para-hydroxylation sites is 1. The summed E-state index contributed by atoms with van der Waals surface area (Å²) in [6.45, 7) is -0.0745. The van der Waals surface area contributed by atoms with Crippen LogP contribution in [0.5, 0.6) is 0 Å². The van der Waals surface area contributed by atoms with Crippen molar-refractivity contribution in [2.75, 3.05) is 20.3 Å². The lowest BCUT2D eigenvalue weighted by Crippen LogP contribution is -2.29. The number of hydrogen-bond acceptors (Lipinski definition) is 6. The van der Waals surface area contributed by atoms with Crippen LogP contribution in [0, 0.1) is 0 Å². The molecule has 1 heterocycles. The molecule has 0 atom stereocenters. The van der Waals surface area contributed by atoms with Crippen molar-refractivity contribution in [2.24, 2.45) is 0 Å². The lowest BCUT2D eigenvalue weighted by molar-refractivity contribution is -0.143. The molecular weight excluding hydrogens is 336 g/mol. The van der Waals surface area contributed by atoms with Gasteiger partial charge in [0.25, 0.3) is 5.91 Å². The number of hydrogen-bond donors (Lipinski definition) is 1. The molecule has 7 nitrogen and oxygen atoms in total. The molecule has 2 aromatic rings. The van der Waals surface area contributed by atoms with Gasteiger partial charge in [0, 0.05) is 24.4 Å². The van der Waals surface area contributed by atoms with Gasteiger partial charge in [-0.2, -0.15) is 0 Å². The van der Waals surface area contributed by atoms with Gasteiger partial charge in [-0.15, -0.1) is 0 Å². The van der Waals surface area contributed by atoms with E-state index in [-0.39, 0.29) is 19.0 Å². The first kappa shape index (κ1) is 19.1. The van der Waals surface area contributed by atoms with Gasteiger partial charge in [0.05, 0.1) is 18.3 Å². The fraction of sp³-hybridized carbons (Fsp3) is 0.263. The van der Waals surface area contributed by atoms with E-state index in [2.05, 4.69) is 15.0 Å². The van der Waals surface area contributed by atoms with Crippen LogP contribution < -0.4 is 5.32 Å². The van der Waals surface area contributed by atoms with Crippen LogP contribution in [0.4, 0.5) is 0 Å². The van der Waals surface area contributed by atoms with Crippen LogP contribution in [-0.4, -0.2) is 43.1 Å². The van der Waals surface area contributed by atoms with E-state index in [0.29, 0.717) is 18.7 Å². The number of rotatable bonds is 8. The highest BCUT2D eigenvalue weighted by atomic mass is 16.5.